The molecule has 2 fully saturated rings. The molecule has 0 N–H and O–H groups in total. The predicted octanol–water partition coefficient (Wildman–Crippen LogP) is 2.24. The SMILES string of the molecule is CC(CN1CCN(C)CC1)C(C)(C)C1CCN(C)CC1. The molecular weight excluding hydrogens is 246 g/mol. The van der Waals surface area contributed by atoms with Crippen LogP contribution in [0, 0.1) is 17.3 Å². The third-order valence-corrected chi connectivity index (χ3v) is 6.17. The lowest BCUT2D eigenvalue weighted by Gasteiger charge is -2.45. The van der Waals surface area contributed by atoms with Crippen molar-refractivity contribution in [2.75, 3.05) is 59.9 Å². The predicted molar refractivity (Wildman–Crippen MR) is 87.1 cm³/mol. The van der Waals surface area contributed by atoms with Gasteiger partial charge in [0.1, 0.15) is 0 Å². The molecule has 2 heterocycles. The average Bonchev–Trinajstić information content (AvgIpc) is 2.42. The van der Waals surface area contributed by atoms with Gasteiger partial charge in [0.2, 0.25) is 0 Å². The summed E-state index contributed by atoms with van der Waals surface area (Å²) in [6.07, 6.45) is 2.77. The molecule has 3 nitrogen and oxygen atoms in total. The number of nitrogens with zero attached hydrogens (tertiary/aromatic N) is 3. The van der Waals surface area contributed by atoms with E-state index in [0.717, 1.165) is 11.8 Å². The van der Waals surface area contributed by atoms with Crippen molar-refractivity contribution < 1.29 is 0 Å². The summed E-state index contributed by atoms with van der Waals surface area (Å²) in [5.41, 5.74) is 0.477. The van der Waals surface area contributed by atoms with Crippen molar-refractivity contribution in [1.82, 2.24) is 14.7 Å². The lowest BCUT2D eigenvalue weighted by molar-refractivity contribution is 0.0377. The number of rotatable bonds is 4. The second kappa shape index (κ2) is 6.76. The van der Waals surface area contributed by atoms with Crippen LogP contribution >= 0.6 is 0 Å². The van der Waals surface area contributed by atoms with Crippen LogP contribution in [0.4, 0.5) is 0 Å². The molecule has 0 aromatic carbocycles. The Balaban J connectivity index is 1.85. The molecule has 0 radical (unpaired) electrons. The van der Waals surface area contributed by atoms with Crippen LogP contribution in [-0.2, 0) is 0 Å². The van der Waals surface area contributed by atoms with Crippen molar-refractivity contribution in [3.05, 3.63) is 0 Å². The molecule has 0 bridgehead atoms. The summed E-state index contributed by atoms with van der Waals surface area (Å²) in [6, 6.07) is 0. The van der Waals surface area contributed by atoms with Crippen LogP contribution in [0.25, 0.3) is 0 Å². The maximum atomic E-state index is 2.68. The minimum Gasteiger partial charge on any atom is -0.306 e. The van der Waals surface area contributed by atoms with Gasteiger partial charge in [-0.2, -0.15) is 0 Å². The molecule has 0 saturated carbocycles. The normalized spacial score (nSPS) is 26.9. The highest BCUT2D eigenvalue weighted by Gasteiger charge is 2.36. The summed E-state index contributed by atoms with van der Waals surface area (Å²) in [5, 5.41) is 0. The first-order chi connectivity index (χ1) is 9.39. The van der Waals surface area contributed by atoms with Gasteiger partial charge in [-0.25, -0.2) is 0 Å². The summed E-state index contributed by atoms with van der Waals surface area (Å²) in [4.78, 5) is 7.61. The van der Waals surface area contributed by atoms with Gasteiger partial charge in [0, 0.05) is 32.7 Å². The molecule has 0 aromatic rings. The second-order valence-corrected chi connectivity index (χ2v) is 7.90. The van der Waals surface area contributed by atoms with Crippen molar-refractivity contribution in [1.29, 1.82) is 0 Å². The van der Waals surface area contributed by atoms with E-state index in [1.807, 2.05) is 0 Å². The first kappa shape index (κ1) is 16.3. The molecule has 118 valence electrons. The van der Waals surface area contributed by atoms with Gasteiger partial charge in [-0.3, -0.25) is 0 Å². The molecule has 0 aromatic heterocycles. The molecule has 1 atom stereocenters. The molecule has 2 aliphatic heterocycles. The van der Waals surface area contributed by atoms with Gasteiger partial charge < -0.3 is 14.7 Å². The van der Waals surface area contributed by atoms with Crippen molar-refractivity contribution in [2.24, 2.45) is 17.3 Å². The van der Waals surface area contributed by atoms with E-state index in [9.17, 15) is 0 Å². The van der Waals surface area contributed by atoms with Crippen LogP contribution in [0.2, 0.25) is 0 Å². The zero-order chi connectivity index (χ0) is 14.8. The third kappa shape index (κ3) is 3.96. The molecule has 0 aliphatic carbocycles. The van der Waals surface area contributed by atoms with E-state index in [2.05, 4.69) is 49.6 Å². The smallest absolute Gasteiger partial charge is 0.0110 e. The standard InChI is InChI=1S/C17H35N3/c1-15(14-20-12-10-19(5)11-13-20)17(2,3)16-6-8-18(4)9-7-16/h15-16H,6-14H2,1-5H3. The number of piperidine rings is 1. The van der Waals surface area contributed by atoms with E-state index in [-0.39, 0.29) is 0 Å². The lowest BCUT2D eigenvalue weighted by Crippen LogP contribution is -2.49. The van der Waals surface area contributed by atoms with Crippen LogP contribution in [0.1, 0.15) is 33.6 Å². The van der Waals surface area contributed by atoms with Gasteiger partial charge >= 0.3 is 0 Å². The zero-order valence-corrected chi connectivity index (χ0v) is 14.4. The Kier molecular flexibility index (Phi) is 5.49. The van der Waals surface area contributed by atoms with E-state index >= 15 is 0 Å². The van der Waals surface area contributed by atoms with Crippen molar-refractivity contribution in [3.63, 3.8) is 0 Å². The fraction of sp³-hybridized carbons (Fsp3) is 1.00. The van der Waals surface area contributed by atoms with Crippen molar-refractivity contribution in [3.8, 4) is 0 Å². The molecule has 0 amide bonds. The van der Waals surface area contributed by atoms with Gasteiger partial charge in [0.25, 0.3) is 0 Å². The molecule has 2 saturated heterocycles. The van der Waals surface area contributed by atoms with Crippen LogP contribution < -0.4 is 0 Å². The molecule has 2 aliphatic rings. The van der Waals surface area contributed by atoms with E-state index in [4.69, 9.17) is 0 Å². The molecule has 20 heavy (non-hydrogen) atoms. The Hall–Kier alpha value is -0.120. The van der Waals surface area contributed by atoms with Gasteiger partial charge in [0.05, 0.1) is 0 Å². The summed E-state index contributed by atoms with van der Waals surface area (Å²) in [6.45, 7) is 16.4. The Labute approximate surface area is 126 Å². The fourth-order valence-corrected chi connectivity index (χ4v) is 3.81. The Bertz CT molecular complexity index is 287. The monoisotopic (exact) mass is 281 g/mol. The Morgan fingerprint density at radius 3 is 1.95 bits per heavy atom. The van der Waals surface area contributed by atoms with Crippen LogP contribution in [0.3, 0.4) is 0 Å². The number of hydrogen-bond acceptors (Lipinski definition) is 3. The van der Waals surface area contributed by atoms with Crippen molar-refractivity contribution in [2.45, 2.75) is 33.6 Å². The summed E-state index contributed by atoms with van der Waals surface area (Å²) >= 11 is 0. The second-order valence-electron chi connectivity index (χ2n) is 7.90. The topological polar surface area (TPSA) is 9.72 Å². The fourth-order valence-electron chi connectivity index (χ4n) is 3.81. The quantitative estimate of drug-likeness (QED) is 0.782. The lowest BCUT2D eigenvalue weighted by atomic mass is 9.66. The molecule has 3 heteroatoms. The largest absolute Gasteiger partial charge is 0.306 e. The van der Waals surface area contributed by atoms with Crippen molar-refractivity contribution >= 4 is 0 Å². The average molecular weight is 281 g/mol. The van der Waals surface area contributed by atoms with Gasteiger partial charge in [0.15, 0.2) is 0 Å². The summed E-state index contributed by atoms with van der Waals surface area (Å²) < 4.78 is 0. The number of likely N-dealkylation sites (N-methyl/N-ethyl adjacent to an activating group) is 1. The Morgan fingerprint density at radius 1 is 0.900 bits per heavy atom. The minimum absolute atomic E-state index is 0.477. The molecule has 0 spiro atoms. The van der Waals surface area contributed by atoms with E-state index in [0.29, 0.717) is 5.41 Å². The zero-order valence-electron chi connectivity index (χ0n) is 14.4. The highest BCUT2D eigenvalue weighted by Crippen LogP contribution is 2.41. The maximum Gasteiger partial charge on any atom is 0.0110 e. The minimum atomic E-state index is 0.477. The summed E-state index contributed by atoms with van der Waals surface area (Å²) in [5.74, 6) is 1.69. The van der Waals surface area contributed by atoms with Gasteiger partial charge in [-0.05, 0) is 57.3 Å². The van der Waals surface area contributed by atoms with Gasteiger partial charge in [-0.15, -0.1) is 0 Å². The number of piperazine rings is 1. The highest BCUT2D eigenvalue weighted by molar-refractivity contribution is 4.88. The third-order valence-electron chi connectivity index (χ3n) is 6.17. The molecule has 2 rings (SSSR count). The summed E-state index contributed by atoms with van der Waals surface area (Å²) in [7, 11) is 4.50. The van der Waals surface area contributed by atoms with E-state index in [1.165, 1.54) is 58.7 Å². The first-order valence-electron chi connectivity index (χ1n) is 8.49. The molecule has 1 unspecified atom stereocenters. The first-order valence-corrected chi connectivity index (χ1v) is 8.49. The number of likely N-dealkylation sites (tertiary alicyclic amines) is 1. The van der Waals surface area contributed by atoms with Crippen LogP contribution in [-0.4, -0.2) is 74.6 Å². The van der Waals surface area contributed by atoms with E-state index < -0.39 is 0 Å². The van der Waals surface area contributed by atoms with Crippen LogP contribution in [0.15, 0.2) is 0 Å². The maximum absolute atomic E-state index is 2.68. The molecular formula is C17H35N3. The Morgan fingerprint density at radius 2 is 1.40 bits per heavy atom. The van der Waals surface area contributed by atoms with Crippen LogP contribution in [0.5, 0.6) is 0 Å². The van der Waals surface area contributed by atoms with E-state index in [1.54, 1.807) is 0 Å². The highest BCUT2D eigenvalue weighted by atomic mass is 15.2. The number of hydrogen-bond donors (Lipinski definition) is 0. The van der Waals surface area contributed by atoms with Gasteiger partial charge in [-0.1, -0.05) is 20.8 Å².